The largest absolute Gasteiger partial charge is 0.288 e. The van der Waals surface area contributed by atoms with E-state index in [1.54, 1.807) is 0 Å². The van der Waals surface area contributed by atoms with Gasteiger partial charge in [0.2, 0.25) is 0 Å². The highest BCUT2D eigenvalue weighted by molar-refractivity contribution is 6.09. The second-order valence-electron chi connectivity index (χ2n) is 4.15. The molecule has 1 aromatic carbocycles. The first kappa shape index (κ1) is 11.7. The van der Waals surface area contributed by atoms with Crippen LogP contribution in [0, 0.1) is 13.8 Å². The zero-order chi connectivity index (χ0) is 11.4. The number of aliphatic imine (C=N–C) groups is 1. The van der Waals surface area contributed by atoms with Crippen LogP contribution in [0.25, 0.3) is 0 Å². The SMILES string of the molecule is C/N=C(/C=C(C)C)c1ccc(C)cc1C. The van der Waals surface area contributed by atoms with Crippen LogP contribution < -0.4 is 0 Å². The molecule has 0 unspecified atom stereocenters. The average Bonchev–Trinajstić information content (AvgIpc) is 2.14. The lowest BCUT2D eigenvalue weighted by molar-refractivity contribution is 1.33. The quantitative estimate of drug-likeness (QED) is 0.647. The van der Waals surface area contributed by atoms with Crippen molar-refractivity contribution in [2.75, 3.05) is 7.05 Å². The van der Waals surface area contributed by atoms with E-state index in [0.29, 0.717) is 0 Å². The zero-order valence-electron chi connectivity index (χ0n) is 10.3. The van der Waals surface area contributed by atoms with Gasteiger partial charge in [-0.05, 0) is 39.3 Å². The van der Waals surface area contributed by atoms with Crippen LogP contribution in [0.1, 0.15) is 30.5 Å². The number of nitrogens with zero attached hydrogens (tertiary/aromatic N) is 1. The van der Waals surface area contributed by atoms with Gasteiger partial charge in [0.25, 0.3) is 0 Å². The molecule has 0 atom stereocenters. The molecule has 1 nitrogen and oxygen atoms in total. The Morgan fingerprint density at radius 2 is 1.87 bits per heavy atom. The van der Waals surface area contributed by atoms with Crippen LogP contribution in [-0.4, -0.2) is 12.8 Å². The Balaban J connectivity index is 3.20. The Hall–Kier alpha value is -1.37. The van der Waals surface area contributed by atoms with Crippen LogP contribution in [0.5, 0.6) is 0 Å². The summed E-state index contributed by atoms with van der Waals surface area (Å²) in [7, 11) is 1.84. The van der Waals surface area contributed by atoms with Crippen molar-refractivity contribution in [1.82, 2.24) is 0 Å². The Kier molecular flexibility index (Phi) is 3.84. The maximum atomic E-state index is 4.33. The minimum atomic E-state index is 1.06. The lowest BCUT2D eigenvalue weighted by atomic mass is 10.0. The van der Waals surface area contributed by atoms with Crippen molar-refractivity contribution in [3.8, 4) is 0 Å². The molecule has 0 amide bonds. The molecule has 0 saturated heterocycles. The molecule has 0 spiro atoms. The van der Waals surface area contributed by atoms with Gasteiger partial charge in [-0.1, -0.05) is 29.3 Å². The highest BCUT2D eigenvalue weighted by atomic mass is 14.7. The van der Waals surface area contributed by atoms with Gasteiger partial charge in [0, 0.05) is 12.6 Å². The fourth-order valence-corrected chi connectivity index (χ4v) is 1.64. The Morgan fingerprint density at radius 3 is 2.33 bits per heavy atom. The lowest BCUT2D eigenvalue weighted by Gasteiger charge is -2.07. The average molecular weight is 201 g/mol. The molecule has 0 heterocycles. The molecule has 1 heteroatoms. The van der Waals surface area contributed by atoms with E-state index in [2.05, 4.69) is 57.0 Å². The number of hydrogen-bond donors (Lipinski definition) is 0. The molecule has 80 valence electrons. The molecule has 0 aliphatic heterocycles. The van der Waals surface area contributed by atoms with Gasteiger partial charge >= 0.3 is 0 Å². The summed E-state index contributed by atoms with van der Waals surface area (Å²) < 4.78 is 0. The molecular weight excluding hydrogens is 182 g/mol. The molecule has 1 aromatic rings. The molecule has 0 bridgehead atoms. The number of benzene rings is 1. The third-order valence-electron chi connectivity index (χ3n) is 2.32. The van der Waals surface area contributed by atoms with Gasteiger partial charge in [0.1, 0.15) is 0 Å². The molecule has 0 saturated carbocycles. The van der Waals surface area contributed by atoms with E-state index in [1.807, 2.05) is 7.05 Å². The molecule has 0 aromatic heterocycles. The fraction of sp³-hybridized carbons (Fsp3) is 0.357. The standard InChI is InChI=1S/C14H19N/c1-10(2)8-14(15-5)13-7-6-11(3)9-12(13)4/h6-9H,1-5H3/b15-14-. The predicted molar refractivity (Wildman–Crippen MR) is 67.8 cm³/mol. The van der Waals surface area contributed by atoms with Crippen molar-refractivity contribution in [3.63, 3.8) is 0 Å². The van der Waals surface area contributed by atoms with E-state index < -0.39 is 0 Å². The molecule has 0 fully saturated rings. The highest BCUT2D eigenvalue weighted by Gasteiger charge is 2.03. The molecule has 0 aliphatic rings. The normalized spacial score (nSPS) is 11.4. The number of allylic oxidation sites excluding steroid dienone is 2. The van der Waals surface area contributed by atoms with Crippen molar-refractivity contribution in [1.29, 1.82) is 0 Å². The van der Waals surface area contributed by atoms with Crippen molar-refractivity contribution in [2.45, 2.75) is 27.7 Å². The van der Waals surface area contributed by atoms with E-state index in [9.17, 15) is 0 Å². The van der Waals surface area contributed by atoms with Crippen molar-refractivity contribution in [2.24, 2.45) is 4.99 Å². The van der Waals surface area contributed by atoms with E-state index in [4.69, 9.17) is 0 Å². The maximum Gasteiger partial charge on any atom is 0.0645 e. The third kappa shape index (κ3) is 3.05. The highest BCUT2D eigenvalue weighted by Crippen LogP contribution is 2.13. The summed E-state index contributed by atoms with van der Waals surface area (Å²) in [6, 6.07) is 6.47. The first-order valence-corrected chi connectivity index (χ1v) is 5.24. The predicted octanol–water partition coefficient (Wildman–Crippen LogP) is 3.69. The molecule has 0 aliphatic carbocycles. The van der Waals surface area contributed by atoms with Gasteiger partial charge in [-0.2, -0.15) is 0 Å². The third-order valence-corrected chi connectivity index (χ3v) is 2.32. The van der Waals surface area contributed by atoms with Gasteiger partial charge < -0.3 is 0 Å². The van der Waals surface area contributed by atoms with Gasteiger partial charge in [0.15, 0.2) is 0 Å². The van der Waals surface area contributed by atoms with Crippen LogP contribution >= 0.6 is 0 Å². The summed E-state index contributed by atoms with van der Waals surface area (Å²) in [5.41, 5.74) is 6.14. The summed E-state index contributed by atoms with van der Waals surface area (Å²) in [5.74, 6) is 0. The summed E-state index contributed by atoms with van der Waals surface area (Å²) in [4.78, 5) is 4.33. The minimum Gasteiger partial charge on any atom is -0.288 e. The van der Waals surface area contributed by atoms with E-state index in [-0.39, 0.29) is 0 Å². The molecule has 0 radical (unpaired) electrons. The first-order chi connectivity index (χ1) is 7.04. The summed E-state index contributed by atoms with van der Waals surface area (Å²) in [5, 5.41) is 0. The zero-order valence-corrected chi connectivity index (χ0v) is 10.3. The Morgan fingerprint density at radius 1 is 1.20 bits per heavy atom. The number of aryl methyl sites for hydroxylation is 2. The van der Waals surface area contributed by atoms with E-state index in [1.165, 1.54) is 22.3 Å². The topological polar surface area (TPSA) is 12.4 Å². The number of hydrogen-bond acceptors (Lipinski definition) is 1. The molecular formula is C14H19N. The second-order valence-corrected chi connectivity index (χ2v) is 4.15. The molecule has 15 heavy (non-hydrogen) atoms. The minimum absolute atomic E-state index is 1.06. The molecule has 1 rings (SSSR count). The monoisotopic (exact) mass is 201 g/mol. The van der Waals surface area contributed by atoms with Gasteiger partial charge in [-0.25, -0.2) is 0 Å². The number of rotatable bonds is 2. The Bertz CT molecular complexity index is 407. The van der Waals surface area contributed by atoms with Gasteiger partial charge in [-0.15, -0.1) is 0 Å². The van der Waals surface area contributed by atoms with Crippen molar-refractivity contribution in [3.05, 3.63) is 46.5 Å². The van der Waals surface area contributed by atoms with Crippen LogP contribution in [-0.2, 0) is 0 Å². The van der Waals surface area contributed by atoms with E-state index in [0.717, 1.165) is 5.71 Å². The van der Waals surface area contributed by atoms with Crippen LogP contribution in [0.3, 0.4) is 0 Å². The first-order valence-electron chi connectivity index (χ1n) is 5.24. The lowest BCUT2D eigenvalue weighted by Crippen LogP contribution is -2.00. The van der Waals surface area contributed by atoms with Crippen molar-refractivity contribution >= 4 is 5.71 Å². The molecule has 0 N–H and O–H groups in total. The van der Waals surface area contributed by atoms with Crippen LogP contribution in [0.15, 0.2) is 34.8 Å². The van der Waals surface area contributed by atoms with Crippen molar-refractivity contribution < 1.29 is 0 Å². The van der Waals surface area contributed by atoms with Crippen LogP contribution in [0.4, 0.5) is 0 Å². The van der Waals surface area contributed by atoms with Crippen LogP contribution in [0.2, 0.25) is 0 Å². The Labute approximate surface area is 92.6 Å². The fourth-order valence-electron chi connectivity index (χ4n) is 1.64. The summed E-state index contributed by atoms with van der Waals surface area (Å²) >= 11 is 0. The van der Waals surface area contributed by atoms with E-state index >= 15 is 0 Å². The summed E-state index contributed by atoms with van der Waals surface area (Å²) in [6.07, 6.45) is 2.12. The van der Waals surface area contributed by atoms with Gasteiger partial charge in [0.05, 0.1) is 5.71 Å². The smallest absolute Gasteiger partial charge is 0.0645 e. The maximum absolute atomic E-state index is 4.33. The second kappa shape index (κ2) is 4.92. The summed E-state index contributed by atoms with van der Waals surface area (Å²) in [6.45, 7) is 8.43. The van der Waals surface area contributed by atoms with Gasteiger partial charge in [-0.3, -0.25) is 4.99 Å².